The molecule has 14 heteroatoms. The van der Waals surface area contributed by atoms with Gasteiger partial charge in [-0.2, -0.15) is 0 Å². The van der Waals surface area contributed by atoms with Crippen LogP contribution in [0.2, 0.25) is 0 Å². The van der Waals surface area contributed by atoms with Crippen molar-refractivity contribution in [2.24, 2.45) is 22.7 Å². The number of aliphatic hydroxyl groups excluding tert-OH is 2. The van der Waals surface area contributed by atoms with Crippen molar-refractivity contribution in [3.05, 3.63) is 119 Å². The lowest BCUT2D eigenvalue weighted by Crippen LogP contribution is -2.78. The summed E-state index contributed by atoms with van der Waals surface area (Å²) in [7, 11) is 0. The van der Waals surface area contributed by atoms with Crippen LogP contribution in [0.4, 0.5) is 0 Å². The van der Waals surface area contributed by atoms with Crippen LogP contribution in [0.25, 0.3) is 0 Å². The summed E-state index contributed by atoms with van der Waals surface area (Å²) in [4.78, 5) is 83.6. The number of carbonyl (C=O) groups excluding carboxylic acids is 6. The Morgan fingerprint density at radius 1 is 0.806 bits per heavy atom. The fourth-order valence-corrected chi connectivity index (χ4v) is 10.7. The molecule has 2 bridgehead atoms. The minimum atomic E-state index is -2.34. The molecule has 14 nitrogen and oxygen atoms in total. The number of Topliss-reactive ketones (excluding diaryl/α,β-unsaturated/α-hetero) is 1. The first kappa shape index (κ1) is 44.4. The lowest BCUT2D eigenvalue weighted by molar-refractivity contribution is -0.296. The summed E-state index contributed by atoms with van der Waals surface area (Å²) in [5.74, 6) is -7.00. The van der Waals surface area contributed by atoms with Crippen LogP contribution in [0, 0.1) is 22.7 Å². The van der Waals surface area contributed by atoms with E-state index in [9.17, 15) is 39.3 Å². The smallest absolute Gasteiger partial charge is 0.338 e. The van der Waals surface area contributed by atoms with E-state index in [4.69, 9.17) is 18.9 Å². The predicted molar refractivity (Wildman–Crippen MR) is 221 cm³/mol. The molecule has 4 aliphatic carbocycles. The van der Waals surface area contributed by atoms with Gasteiger partial charge in [0.25, 0.3) is 5.91 Å². The van der Waals surface area contributed by atoms with Crippen LogP contribution in [-0.4, -0.2) is 92.6 Å². The van der Waals surface area contributed by atoms with Gasteiger partial charge in [0.05, 0.1) is 29.0 Å². The highest BCUT2D eigenvalue weighted by Crippen LogP contribution is 2.67. The number of rotatable bonds is 10. The first-order valence-corrected chi connectivity index (χ1v) is 20.9. The fraction of sp³-hybridized carbons (Fsp3) is 0.458. The molecule has 0 radical (unpaired) electrons. The summed E-state index contributed by atoms with van der Waals surface area (Å²) in [5, 5.41) is 40.4. The van der Waals surface area contributed by atoms with Gasteiger partial charge in [0.15, 0.2) is 18.0 Å². The van der Waals surface area contributed by atoms with Gasteiger partial charge in [-0.05, 0) is 74.1 Å². The van der Waals surface area contributed by atoms with Crippen LogP contribution >= 0.6 is 0 Å². The van der Waals surface area contributed by atoms with Crippen LogP contribution in [0.3, 0.4) is 0 Å². The molecule has 3 fully saturated rings. The Balaban J connectivity index is 1.39. The highest BCUT2D eigenvalue weighted by Gasteiger charge is 2.77. The molecule has 4 aliphatic rings. The number of benzene rings is 3. The SMILES string of the molecule is CC(=O)O[C@H]1C(=O)[C@@]2(C)[C@H]([C@H](OC(=O)c3ccccc3)[C@]3(O)C[C@H](OC(=O)[C@H](O)C(NC(=O)c4ccccc4)c4ccccc4)C(C)=C1C3(C)C)[C@]1(OC(C)=O)CC[C@@H]1C[C@@H]2O. The lowest BCUT2D eigenvalue weighted by atomic mass is 9.41. The van der Waals surface area contributed by atoms with Crippen molar-refractivity contribution in [2.75, 3.05) is 0 Å². The van der Waals surface area contributed by atoms with Gasteiger partial charge in [-0.15, -0.1) is 0 Å². The van der Waals surface area contributed by atoms with Gasteiger partial charge in [-0.3, -0.25) is 19.2 Å². The molecule has 11 atom stereocenters. The second-order valence-electron chi connectivity index (χ2n) is 17.8. The van der Waals surface area contributed by atoms with Crippen molar-refractivity contribution >= 4 is 35.6 Å². The predicted octanol–water partition coefficient (Wildman–Crippen LogP) is 4.75. The second-order valence-corrected chi connectivity index (χ2v) is 17.8. The molecular formula is C48H53NO13. The first-order chi connectivity index (χ1) is 29.3. The Hall–Kier alpha value is -5.70. The monoisotopic (exact) mass is 851 g/mol. The third-order valence-electron chi connectivity index (χ3n) is 14.1. The first-order valence-electron chi connectivity index (χ1n) is 20.9. The number of nitrogens with one attached hydrogen (secondary N) is 1. The van der Waals surface area contributed by atoms with Gasteiger partial charge in [0.2, 0.25) is 0 Å². The molecule has 3 aromatic rings. The molecular weight excluding hydrogens is 799 g/mol. The standard InChI is InChI=1S/C48H53NO13/c1-26-33(60-44(57)37(53)36(29-16-10-7-11-17-29)49-42(55)30-18-12-8-13-19-30)25-48(58)41(61-43(56)31-20-14-9-15-21-31)39-46(6,34(52)24-32-22-23-47(32,39)62-28(3)51)40(54)38(59-27(2)50)35(26)45(48,4)5/h7-21,32-34,36-39,41,52-53,58H,22-25H2,1-6H3,(H,49,55)/t32-,33+,34+,36?,37-,38-,39+,41+,46-,47+,48-/m1/s1. The Morgan fingerprint density at radius 2 is 1.39 bits per heavy atom. The number of esters is 4. The number of ketones is 1. The molecule has 4 N–H and O–H groups in total. The zero-order chi connectivity index (χ0) is 44.9. The molecule has 0 heterocycles. The van der Waals surface area contributed by atoms with Gasteiger partial charge in [-0.25, -0.2) is 9.59 Å². The van der Waals surface area contributed by atoms with Gasteiger partial charge >= 0.3 is 23.9 Å². The Labute approximate surface area is 359 Å². The van der Waals surface area contributed by atoms with Crippen molar-refractivity contribution in [3.63, 3.8) is 0 Å². The number of hydrogen-bond acceptors (Lipinski definition) is 13. The van der Waals surface area contributed by atoms with E-state index in [-0.39, 0.29) is 35.1 Å². The topological polar surface area (TPSA) is 212 Å². The van der Waals surface area contributed by atoms with Crippen molar-refractivity contribution < 1.29 is 63.0 Å². The normalized spacial score (nSPS) is 31.9. The Morgan fingerprint density at radius 3 is 1.94 bits per heavy atom. The van der Waals surface area contributed by atoms with Gasteiger partial charge in [-0.1, -0.05) is 80.6 Å². The molecule has 3 saturated carbocycles. The summed E-state index contributed by atoms with van der Waals surface area (Å²) in [5.41, 5.74) is -6.51. The summed E-state index contributed by atoms with van der Waals surface area (Å²) in [6.45, 7) is 8.50. The average Bonchev–Trinajstić information content (AvgIpc) is 3.24. The summed E-state index contributed by atoms with van der Waals surface area (Å²) in [6.07, 6.45) is -8.27. The van der Waals surface area contributed by atoms with E-state index in [2.05, 4.69) is 5.32 Å². The van der Waals surface area contributed by atoms with E-state index >= 15 is 4.79 Å². The van der Waals surface area contributed by atoms with Crippen LogP contribution in [-0.2, 0) is 38.1 Å². The van der Waals surface area contributed by atoms with Gasteiger partial charge in [0.1, 0.15) is 23.4 Å². The molecule has 62 heavy (non-hydrogen) atoms. The van der Waals surface area contributed by atoms with E-state index < -0.39 is 112 Å². The lowest BCUT2D eigenvalue weighted by Gasteiger charge is -2.68. The minimum absolute atomic E-state index is 0.0134. The molecule has 0 spiro atoms. The van der Waals surface area contributed by atoms with Crippen molar-refractivity contribution in [3.8, 4) is 0 Å². The molecule has 0 aromatic heterocycles. The molecule has 7 rings (SSSR count). The number of amides is 1. The van der Waals surface area contributed by atoms with Crippen LogP contribution in [0.1, 0.15) is 99.5 Å². The van der Waals surface area contributed by atoms with Crippen molar-refractivity contribution in [2.45, 2.75) is 115 Å². The summed E-state index contributed by atoms with van der Waals surface area (Å²) >= 11 is 0. The number of carbonyl (C=O) groups is 6. The van der Waals surface area contributed by atoms with E-state index in [0.29, 0.717) is 12.0 Å². The van der Waals surface area contributed by atoms with E-state index in [0.717, 1.165) is 6.92 Å². The largest absolute Gasteiger partial charge is 0.458 e. The van der Waals surface area contributed by atoms with Crippen LogP contribution in [0.15, 0.2) is 102 Å². The highest BCUT2D eigenvalue weighted by atomic mass is 16.6. The van der Waals surface area contributed by atoms with Crippen LogP contribution < -0.4 is 5.32 Å². The molecule has 0 saturated heterocycles. The highest BCUT2D eigenvalue weighted by molar-refractivity contribution is 5.96. The van der Waals surface area contributed by atoms with Gasteiger partial charge < -0.3 is 39.6 Å². The molecule has 3 aromatic carbocycles. The summed E-state index contributed by atoms with van der Waals surface area (Å²) in [6, 6.07) is 23.1. The third-order valence-corrected chi connectivity index (χ3v) is 14.1. The number of fused-ring (bicyclic) bond motifs is 5. The molecule has 1 unspecified atom stereocenters. The van der Waals surface area contributed by atoms with Crippen LogP contribution in [0.5, 0.6) is 0 Å². The summed E-state index contributed by atoms with van der Waals surface area (Å²) < 4.78 is 24.6. The zero-order valence-corrected chi connectivity index (χ0v) is 35.5. The molecule has 0 aliphatic heterocycles. The Bertz CT molecular complexity index is 2280. The fourth-order valence-electron chi connectivity index (χ4n) is 10.7. The van der Waals surface area contributed by atoms with Crippen molar-refractivity contribution in [1.82, 2.24) is 5.32 Å². The average molecular weight is 852 g/mol. The Kier molecular flexibility index (Phi) is 11.8. The maximum Gasteiger partial charge on any atom is 0.338 e. The van der Waals surface area contributed by atoms with E-state index in [1.165, 1.54) is 26.0 Å². The number of ether oxygens (including phenoxy) is 4. The molecule has 328 valence electrons. The third kappa shape index (κ3) is 7.31. The molecule has 1 amide bonds. The number of aliphatic hydroxyl groups is 3. The van der Waals surface area contributed by atoms with E-state index in [1.54, 1.807) is 99.6 Å². The zero-order valence-electron chi connectivity index (χ0n) is 35.5. The number of hydrogen-bond donors (Lipinski definition) is 4. The maximum absolute atomic E-state index is 15.5. The minimum Gasteiger partial charge on any atom is -0.458 e. The van der Waals surface area contributed by atoms with Crippen molar-refractivity contribution in [1.29, 1.82) is 0 Å². The maximum atomic E-state index is 15.5. The van der Waals surface area contributed by atoms with Gasteiger partial charge in [0, 0.05) is 37.2 Å². The van der Waals surface area contributed by atoms with E-state index in [1.807, 2.05) is 0 Å². The second kappa shape index (κ2) is 16.5. The quantitative estimate of drug-likeness (QED) is 0.123.